The molecule has 0 saturated carbocycles. The molecule has 0 radical (unpaired) electrons. The van der Waals surface area contributed by atoms with E-state index in [-0.39, 0.29) is 10.7 Å². The molecule has 2 aromatic carbocycles. The summed E-state index contributed by atoms with van der Waals surface area (Å²) in [4.78, 5) is 0.0445. The standard InChI is InChI=1S/C15H12FN3O2S/c16-12-5-1-11(2-6-12)15-14(9-18-19-15)10-3-7-13(8-4-10)22(17,20)21/h1-9H,(H,18,19)(H2,17,20,21). The topological polar surface area (TPSA) is 88.8 Å². The van der Waals surface area contributed by atoms with Crippen LogP contribution in [0.25, 0.3) is 22.4 Å². The summed E-state index contributed by atoms with van der Waals surface area (Å²) in [6, 6.07) is 12.2. The molecule has 3 N–H and O–H groups in total. The van der Waals surface area contributed by atoms with Crippen LogP contribution in [0.3, 0.4) is 0 Å². The number of hydrogen-bond acceptors (Lipinski definition) is 3. The molecule has 0 atom stereocenters. The van der Waals surface area contributed by atoms with Crippen molar-refractivity contribution in [3.8, 4) is 22.4 Å². The number of nitrogens with two attached hydrogens (primary N) is 1. The van der Waals surface area contributed by atoms with Crippen LogP contribution in [0.1, 0.15) is 0 Å². The zero-order valence-corrected chi connectivity index (χ0v) is 12.1. The van der Waals surface area contributed by atoms with E-state index in [0.29, 0.717) is 0 Å². The van der Waals surface area contributed by atoms with E-state index in [0.717, 1.165) is 22.4 Å². The minimum atomic E-state index is -3.72. The van der Waals surface area contributed by atoms with Crippen molar-refractivity contribution in [1.82, 2.24) is 10.2 Å². The quantitative estimate of drug-likeness (QED) is 0.778. The lowest BCUT2D eigenvalue weighted by atomic mass is 10.0. The number of halogens is 1. The normalized spacial score (nSPS) is 11.5. The maximum atomic E-state index is 13.0. The van der Waals surface area contributed by atoms with Crippen LogP contribution >= 0.6 is 0 Å². The van der Waals surface area contributed by atoms with Crippen LogP contribution < -0.4 is 5.14 Å². The summed E-state index contributed by atoms with van der Waals surface area (Å²) in [5.74, 6) is -0.317. The van der Waals surface area contributed by atoms with Crippen molar-refractivity contribution in [3.63, 3.8) is 0 Å². The van der Waals surface area contributed by atoms with Crippen molar-refractivity contribution < 1.29 is 12.8 Å². The molecule has 0 aliphatic carbocycles. The number of aromatic amines is 1. The molecule has 0 spiro atoms. The van der Waals surface area contributed by atoms with Crippen molar-refractivity contribution in [1.29, 1.82) is 0 Å². The molecule has 112 valence electrons. The molecule has 0 aliphatic heterocycles. The maximum Gasteiger partial charge on any atom is 0.238 e. The average Bonchev–Trinajstić information content (AvgIpc) is 2.97. The Bertz CT molecular complexity index is 901. The molecule has 0 aliphatic rings. The molecule has 0 amide bonds. The smallest absolute Gasteiger partial charge is 0.238 e. The van der Waals surface area contributed by atoms with Gasteiger partial charge in [0.15, 0.2) is 0 Å². The summed E-state index contributed by atoms with van der Waals surface area (Å²) in [6.07, 6.45) is 1.63. The van der Waals surface area contributed by atoms with Crippen LogP contribution in [0.4, 0.5) is 4.39 Å². The monoisotopic (exact) mass is 317 g/mol. The zero-order valence-electron chi connectivity index (χ0n) is 11.3. The predicted octanol–water partition coefficient (Wildman–Crippen LogP) is 2.53. The third kappa shape index (κ3) is 2.76. The second kappa shape index (κ2) is 5.36. The van der Waals surface area contributed by atoms with E-state index in [9.17, 15) is 12.8 Å². The van der Waals surface area contributed by atoms with Crippen LogP contribution in [0.15, 0.2) is 59.6 Å². The second-order valence-electron chi connectivity index (χ2n) is 4.73. The number of sulfonamides is 1. The summed E-state index contributed by atoms with van der Waals surface area (Å²) < 4.78 is 35.6. The molecule has 0 saturated heterocycles. The van der Waals surface area contributed by atoms with E-state index >= 15 is 0 Å². The summed E-state index contributed by atoms with van der Waals surface area (Å²) in [7, 11) is -3.72. The van der Waals surface area contributed by atoms with Gasteiger partial charge in [-0.05, 0) is 42.0 Å². The average molecular weight is 317 g/mol. The van der Waals surface area contributed by atoms with Gasteiger partial charge in [-0.3, -0.25) is 5.10 Å². The van der Waals surface area contributed by atoms with Gasteiger partial charge < -0.3 is 0 Å². The van der Waals surface area contributed by atoms with Gasteiger partial charge in [-0.25, -0.2) is 17.9 Å². The van der Waals surface area contributed by atoms with E-state index < -0.39 is 10.0 Å². The summed E-state index contributed by atoms with van der Waals surface area (Å²) in [6.45, 7) is 0. The molecule has 3 rings (SSSR count). The summed E-state index contributed by atoms with van der Waals surface area (Å²) >= 11 is 0. The Labute approximate surface area is 126 Å². The van der Waals surface area contributed by atoms with Gasteiger partial charge in [-0.2, -0.15) is 5.10 Å². The minimum Gasteiger partial charge on any atom is -0.277 e. The predicted molar refractivity (Wildman–Crippen MR) is 80.8 cm³/mol. The lowest BCUT2D eigenvalue weighted by Crippen LogP contribution is -2.11. The molecule has 5 nitrogen and oxygen atoms in total. The first-order chi connectivity index (χ1) is 10.4. The number of aromatic nitrogens is 2. The molecule has 22 heavy (non-hydrogen) atoms. The molecule has 0 unspecified atom stereocenters. The molecule has 0 bridgehead atoms. The van der Waals surface area contributed by atoms with Crippen molar-refractivity contribution in [2.24, 2.45) is 5.14 Å². The lowest BCUT2D eigenvalue weighted by molar-refractivity contribution is 0.598. The van der Waals surface area contributed by atoms with Crippen LogP contribution in [0.5, 0.6) is 0 Å². The highest BCUT2D eigenvalue weighted by Gasteiger charge is 2.12. The van der Waals surface area contributed by atoms with E-state index in [4.69, 9.17) is 5.14 Å². The first-order valence-corrected chi connectivity index (χ1v) is 7.92. The van der Waals surface area contributed by atoms with Crippen LogP contribution in [0.2, 0.25) is 0 Å². The van der Waals surface area contributed by atoms with Gasteiger partial charge in [0.1, 0.15) is 5.82 Å². The first-order valence-electron chi connectivity index (χ1n) is 6.38. The summed E-state index contributed by atoms with van der Waals surface area (Å²) in [5.41, 5.74) is 3.07. The fraction of sp³-hybridized carbons (Fsp3) is 0. The first kappa shape index (κ1) is 14.4. The van der Waals surface area contributed by atoms with E-state index in [1.165, 1.54) is 24.3 Å². The number of primary sulfonamides is 1. The largest absolute Gasteiger partial charge is 0.277 e. The Morgan fingerprint density at radius 1 is 0.955 bits per heavy atom. The van der Waals surface area contributed by atoms with E-state index in [2.05, 4.69) is 10.2 Å². The van der Waals surface area contributed by atoms with Crippen molar-refractivity contribution >= 4 is 10.0 Å². The fourth-order valence-electron chi connectivity index (χ4n) is 2.17. The van der Waals surface area contributed by atoms with Crippen molar-refractivity contribution in [3.05, 3.63) is 60.5 Å². The van der Waals surface area contributed by atoms with Crippen LogP contribution in [-0.4, -0.2) is 18.6 Å². The van der Waals surface area contributed by atoms with Crippen molar-refractivity contribution in [2.45, 2.75) is 4.90 Å². The Kier molecular flexibility index (Phi) is 3.51. The number of hydrogen-bond donors (Lipinski definition) is 2. The molecule has 7 heteroatoms. The molecular weight excluding hydrogens is 305 g/mol. The Morgan fingerprint density at radius 2 is 1.55 bits per heavy atom. The van der Waals surface area contributed by atoms with Gasteiger partial charge in [0, 0.05) is 11.1 Å². The van der Waals surface area contributed by atoms with Crippen LogP contribution in [-0.2, 0) is 10.0 Å². The number of benzene rings is 2. The van der Waals surface area contributed by atoms with Crippen molar-refractivity contribution in [2.75, 3.05) is 0 Å². The molecule has 1 heterocycles. The molecular formula is C15H12FN3O2S. The fourth-order valence-corrected chi connectivity index (χ4v) is 2.68. The Hall–Kier alpha value is -2.51. The minimum absolute atomic E-state index is 0.0445. The van der Waals surface area contributed by atoms with E-state index in [1.807, 2.05) is 0 Å². The number of H-pyrrole nitrogens is 1. The number of nitrogens with one attached hydrogen (secondary N) is 1. The third-order valence-corrected chi connectivity index (χ3v) is 4.20. The van der Waals surface area contributed by atoms with Gasteiger partial charge in [0.05, 0.1) is 16.8 Å². The van der Waals surface area contributed by atoms with Crippen LogP contribution in [0, 0.1) is 5.82 Å². The Balaban J connectivity index is 2.03. The Morgan fingerprint density at radius 3 is 2.14 bits per heavy atom. The second-order valence-corrected chi connectivity index (χ2v) is 6.30. The lowest BCUT2D eigenvalue weighted by Gasteiger charge is -2.05. The third-order valence-electron chi connectivity index (χ3n) is 3.27. The maximum absolute atomic E-state index is 13.0. The zero-order chi connectivity index (χ0) is 15.7. The number of nitrogens with zero attached hydrogens (tertiary/aromatic N) is 1. The van der Waals surface area contributed by atoms with Gasteiger partial charge in [0.25, 0.3) is 0 Å². The summed E-state index contributed by atoms with van der Waals surface area (Å²) in [5, 5.41) is 12.0. The SMILES string of the molecule is NS(=O)(=O)c1ccc(-c2cn[nH]c2-c2ccc(F)cc2)cc1. The van der Waals surface area contributed by atoms with Gasteiger partial charge in [-0.1, -0.05) is 12.1 Å². The molecule has 0 fully saturated rings. The number of rotatable bonds is 3. The highest BCUT2D eigenvalue weighted by atomic mass is 32.2. The highest BCUT2D eigenvalue weighted by molar-refractivity contribution is 7.89. The van der Waals surface area contributed by atoms with Gasteiger partial charge in [-0.15, -0.1) is 0 Å². The molecule has 3 aromatic rings. The van der Waals surface area contributed by atoms with Gasteiger partial charge in [0.2, 0.25) is 10.0 Å². The van der Waals surface area contributed by atoms with E-state index in [1.54, 1.807) is 30.5 Å². The molecule has 1 aromatic heterocycles. The van der Waals surface area contributed by atoms with Gasteiger partial charge >= 0.3 is 0 Å². The highest BCUT2D eigenvalue weighted by Crippen LogP contribution is 2.30.